The number of aromatic nitrogens is 2. The summed E-state index contributed by atoms with van der Waals surface area (Å²) in [5, 5.41) is 7.28. The number of anilines is 1. The molecule has 2 N–H and O–H groups in total. The van der Waals surface area contributed by atoms with Crippen molar-refractivity contribution in [2.75, 3.05) is 11.9 Å². The van der Waals surface area contributed by atoms with Crippen LogP contribution in [0.25, 0.3) is 0 Å². The van der Waals surface area contributed by atoms with Crippen molar-refractivity contribution >= 4 is 39.2 Å². The Labute approximate surface area is 196 Å². The summed E-state index contributed by atoms with van der Waals surface area (Å²) in [6.45, 7) is 4.33. The topological polar surface area (TPSA) is 127 Å². The van der Waals surface area contributed by atoms with Gasteiger partial charge in [0, 0.05) is 36.2 Å². The molecule has 0 fully saturated rings. The lowest BCUT2D eigenvalue weighted by Gasteiger charge is -2.11. The normalized spacial score (nSPS) is 13.6. The van der Waals surface area contributed by atoms with E-state index in [2.05, 4.69) is 25.2 Å². The molecule has 0 atom stereocenters. The molecular formula is C22H23N5O4S2. The van der Waals surface area contributed by atoms with Crippen LogP contribution in [0.4, 0.5) is 5.69 Å². The molecule has 1 amide bonds. The number of sulfonamides is 1. The number of hydrogen-bond acceptors (Lipinski definition) is 8. The van der Waals surface area contributed by atoms with Crippen molar-refractivity contribution < 1.29 is 17.7 Å². The smallest absolute Gasteiger partial charge is 0.262 e. The van der Waals surface area contributed by atoms with Crippen molar-refractivity contribution in [2.45, 2.75) is 42.4 Å². The third-order valence-electron chi connectivity index (χ3n) is 5.08. The minimum atomic E-state index is -3.78. The first-order chi connectivity index (χ1) is 15.8. The molecule has 172 valence electrons. The van der Waals surface area contributed by atoms with Crippen molar-refractivity contribution in [1.29, 1.82) is 0 Å². The number of aryl methyl sites for hydroxylation is 2. The molecule has 0 saturated carbocycles. The number of amidine groups is 1. The standard InChI is InChI=1S/C22H23N5O4S2/c1-14-19(15(2)31-26-14)13-32-22-18(8-4-11-24-22)21(28)25-16-6-3-7-17(12-16)33(29,30)27-20-9-5-10-23-20/h3-4,6-8,11-12H,5,9-10,13H2,1-2H3,(H,23,27)(H,25,28). The van der Waals surface area contributed by atoms with Gasteiger partial charge in [-0.2, -0.15) is 0 Å². The van der Waals surface area contributed by atoms with E-state index in [9.17, 15) is 13.2 Å². The van der Waals surface area contributed by atoms with Crippen molar-refractivity contribution in [2.24, 2.45) is 4.99 Å². The van der Waals surface area contributed by atoms with E-state index in [0.29, 0.717) is 40.8 Å². The zero-order valence-electron chi connectivity index (χ0n) is 18.2. The number of benzene rings is 1. The molecule has 0 radical (unpaired) electrons. The summed E-state index contributed by atoms with van der Waals surface area (Å²) in [4.78, 5) is 21.5. The molecule has 0 spiro atoms. The minimum absolute atomic E-state index is 0.0501. The highest BCUT2D eigenvalue weighted by Crippen LogP contribution is 2.28. The fourth-order valence-corrected chi connectivity index (χ4v) is 5.58. The van der Waals surface area contributed by atoms with Crippen molar-refractivity contribution in [3.8, 4) is 0 Å². The van der Waals surface area contributed by atoms with Gasteiger partial charge in [-0.1, -0.05) is 11.2 Å². The van der Waals surface area contributed by atoms with Crippen LogP contribution in [0.5, 0.6) is 0 Å². The van der Waals surface area contributed by atoms with Gasteiger partial charge in [0.05, 0.1) is 16.2 Å². The summed E-state index contributed by atoms with van der Waals surface area (Å²) >= 11 is 1.41. The van der Waals surface area contributed by atoms with Gasteiger partial charge in [-0.05, 0) is 50.6 Å². The molecule has 2 aromatic heterocycles. The number of nitrogens with zero attached hydrogens (tertiary/aromatic N) is 3. The SMILES string of the molecule is Cc1noc(C)c1CSc1ncccc1C(=O)Nc1cccc(S(=O)(=O)NC2=NCCC2)c1. The maximum absolute atomic E-state index is 13.0. The van der Waals surface area contributed by atoms with Gasteiger partial charge in [0.1, 0.15) is 16.6 Å². The molecule has 1 aliphatic heterocycles. The average Bonchev–Trinajstić information content (AvgIpc) is 3.41. The van der Waals surface area contributed by atoms with Gasteiger partial charge in [-0.15, -0.1) is 11.8 Å². The number of pyridine rings is 1. The number of carbonyl (C=O) groups excluding carboxylic acids is 1. The number of aliphatic imine (C=N–C) groups is 1. The van der Waals surface area contributed by atoms with Gasteiger partial charge in [-0.25, -0.2) is 13.4 Å². The molecule has 1 aromatic carbocycles. The Kier molecular flexibility index (Phi) is 6.80. The summed E-state index contributed by atoms with van der Waals surface area (Å²) in [6.07, 6.45) is 3.05. The molecule has 0 unspecified atom stereocenters. The van der Waals surface area contributed by atoms with Crippen LogP contribution in [0.3, 0.4) is 0 Å². The second-order valence-electron chi connectivity index (χ2n) is 7.47. The monoisotopic (exact) mass is 485 g/mol. The fraction of sp³-hybridized carbons (Fsp3) is 0.273. The Morgan fingerprint density at radius 1 is 1.21 bits per heavy atom. The van der Waals surface area contributed by atoms with E-state index in [0.717, 1.165) is 23.4 Å². The fourth-order valence-electron chi connectivity index (χ4n) is 3.30. The first kappa shape index (κ1) is 23.0. The molecule has 9 nitrogen and oxygen atoms in total. The molecule has 0 aliphatic carbocycles. The zero-order valence-corrected chi connectivity index (χ0v) is 19.8. The summed E-state index contributed by atoms with van der Waals surface area (Å²) < 4.78 is 33.1. The van der Waals surface area contributed by atoms with E-state index < -0.39 is 10.0 Å². The third kappa shape index (κ3) is 5.42. The van der Waals surface area contributed by atoms with Crippen LogP contribution in [0.2, 0.25) is 0 Å². The highest BCUT2D eigenvalue weighted by molar-refractivity contribution is 7.98. The first-order valence-electron chi connectivity index (χ1n) is 10.3. The number of thioether (sulfide) groups is 1. The molecular weight excluding hydrogens is 462 g/mol. The van der Waals surface area contributed by atoms with Crippen LogP contribution in [-0.2, 0) is 15.8 Å². The van der Waals surface area contributed by atoms with Gasteiger partial charge in [0.2, 0.25) is 0 Å². The molecule has 1 aliphatic rings. The van der Waals surface area contributed by atoms with Gasteiger partial charge in [0.15, 0.2) is 0 Å². The lowest BCUT2D eigenvalue weighted by Crippen LogP contribution is -2.29. The Balaban J connectivity index is 1.49. The zero-order chi connectivity index (χ0) is 23.4. The Bertz CT molecular complexity index is 1300. The maximum Gasteiger partial charge on any atom is 0.262 e. The second-order valence-corrected chi connectivity index (χ2v) is 10.1. The van der Waals surface area contributed by atoms with Crippen molar-refractivity contribution in [1.82, 2.24) is 14.9 Å². The maximum atomic E-state index is 13.0. The summed E-state index contributed by atoms with van der Waals surface area (Å²) in [6, 6.07) is 9.47. The van der Waals surface area contributed by atoms with Crippen LogP contribution in [0, 0.1) is 13.8 Å². The van der Waals surface area contributed by atoms with Crippen LogP contribution in [-0.4, -0.2) is 36.8 Å². The molecule has 11 heteroatoms. The van der Waals surface area contributed by atoms with E-state index in [1.807, 2.05) is 13.8 Å². The Hall–Kier alpha value is -3.18. The van der Waals surface area contributed by atoms with E-state index in [1.165, 1.54) is 23.9 Å². The highest BCUT2D eigenvalue weighted by Gasteiger charge is 2.20. The minimum Gasteiger partial charge on any atom is -0.361 e. The van der Waals surface area contributed by atoms with Crippen LogP contribution < -0.4 is 10.0 Å². The van der Waals surface area contributed by atoms with Crippen LogP contribution >= 0.6 is 11.8 Å². The average molecular weight is 486 g/mol. The lowest BCUT2D eigenvalue weighted by atomic mass is 10.2. The van der Waals surface area contributed by atoms with E-state index >= 15 is 0 Å². The number of rotatable bonds is 7. The van der Waals surface area contributed by atoms with Gasteiger partial charge in [-0.3, -0.25) is 14.5 Å². The Morgan fingerprint density at radius 2 is 2.06 bits per heavy atom. The third-order valence-corrected chi connectivity index (χ3v) is 7.49. The molecule has 4 rings (SSSR count). The number of amides is 1. The van der Waals surface area contributed by atoms with Gasteiger partial charge in [0.25, 0.3) is 15.9 Å². The summed E-state index contributed by atoms with van der Waals surface area (Å²) in [5.41, 5.74) is 2.52. The predicted molar refractivity (Wildman–Crippen MR) is 126 cm³/mol. The van der Waals surface area contributed by atoms with Crippen LogP contribution in [0.1, 0.15) is 40.2 Å². The predicted octanol–water partition coefficient (Wildman–Crippen LogP) is 3.70. The second kappa shape index (κ2) is 9.75. The summed E-state index contributed by atoms with van der Waals surface area (Å²) in [7, 11) is -3.78. The highest BCUT2D eigenvalue weighted by atomic mass is 32.2. The molecule has 0 saturated heterocycles. The van der Waals surface area contributed by atoms with Gasteiger partial charge < -0.3 is 9.84 Å². The van der Waals surface area contributed by atoms with Gasteiger partial charge >= 0.3 is 0 Å². The number of nitrogens with one attached hydrogen (secondary N) is 2. The van der Waals surface area contributed by atoms with Crippen molar-refractivity contribution in [3.05, 3.63) is 65.2 Å². The van der Waals surface area contributed by atoms with E-state index in [1.54, 1.807) is 30.5 Å². The number of hydrogen-bond donors (Lipinski definition) is 2. The van der Waals surface area contributed by atoms with E-state index in [-0.39, 0.29) is 10.8 Å². The van der Waals surface area contributed by atoms with E-state index in [4.69, 9.17) is 4.52 Å². The molecule has 0 bridgehead atoms. The lowest BCUT2D eigenvalue weighted by molar-refractivity contribution is 0.102. The summed E-state index contributed by atoms with van der Waals surface area (Å²) in [5.74, 6) is 1.37. The first-order valence-corrected chi connectivity index (χ1v) is 12.8. The largest absolute Gasteiger partial charge is 0.361 e. The Morgan fingerprint density at radius 3 is 2.79 bits per heavy atom. The quantitative estimate of drug-likeness (QED) is 0.489. The molecule has 3 aromatic rings. The molecule has 3 heterocycles. The number of carbonyl (C=O) groups is 1. The van der Waals surface area contributed by atoms with Crippen molar-refractivity contribution in [3.63, 3.8) is 0 Å². The molecule has 33 heavy (non-hydrogen) atoms. The van der Waals surface area contributed by atoms with Crippen LogP contribution in [0.15, 0.2) is 62.0 Å².